The Labute approximate surface area is 222 Å². The molecule has 3 aromatic rings. The smallest absolute Gasteiger partial charge is 0.253 e. The van der Waals surface area contributed by atoms with E-state index < -0.39 is 0 Å². The lowest BCUT2D eigenvalue weighted by molar-refractivity contribution is 0.0953. The molecule has 0 bridgehead atoms. The number of likely N-dealkylation sites (tertiary alicyclic amines) is 1. The van der Waals surface area contributed by atoms with Crippen LogP contribution >= 0.6 is 0 Å². The van der Waals surface area contributed by atoms with Gasteiger partial charge in [-0.25, -0.2) is 0 Å². The minimum absolute atomic E-state index is 0.0139. The van der Waals surface area contributed by atoms with Crippen molar-refractivity contribution in [2.24, 2.45) is 0 Å². The third-order valence-corrected chi connectivity index (χ3v) is 7.91. The average molecular weight is 504 g/mol. The first kappa shape index (κ1) is 27.3. The Morgan fingerprint density at radius 2 is 1.68 bits per heavy atom. The predicted octanol–water partition coefficient (Wildman–Crippen LogP) is 6.97. The van der Waals surface area contributed by atoms with Crippen molar-refractivity contribution in [3.05, 3.63) is 64.8 Å². The molecule has 1 fully saturated rings. The van der Waals surface area contributed by atoms with Crippen molar-refractivity contribution in [3.8, 4) is 5.75 Å². The van der Waals surface area contributed by atoms with Gasteiger partial charge in [0.15, 0.2) is 0 Å². The lowest BCUT2D eigenvalue weighted by atomic mass is 10.0. The van der Waals surface area contributed by atoms with Crippen LogP contribution in [0.4, 0.5) is 0 Å². The van der Waals surface area contributed by atoms with E-state index in [0.29, 0.717) is 18.8 Å². The van der Waals surface area contributed by atoms with Crippen LogP contribution in [0.5, 0.6) is 5.75 Å². The summed E-state index contributed by atoms with van der Waals surface area (Å²) in [7, 11) is 0. The molecule has 5 nitrogen and oxygen atoms in total. The lowest BCUT2D eigenvalue weighted by Gasteiger charge is -2.27. The number of piperidine rings is 1. The van der Waals surface area contributed by atoms with Gasteiger partial charge in [-0.3, -0.25) is 9.69 Å². The molecule has 2 heterocycles. The number of aryl methyl sites for hydroxylation is 2. The van der Waals surface area contributed by atoms with Crippen LogP contribution in [0.2, 0.25) is 0 Å². The van der Waals surface area contributed by atoms with E-state index in [9.17, 15) is 9.90 Å². The number of amides is 1. The van der Waals surface area contributed by atoms with Crippen molar-refractivity contribution in [2.45, 2.75) is 91.1 Å². The number of hydrogen-bond acceptors (Lipinski definition) is 3. The Morgan fingerprint density at radius 3 is 2.43 bits per heavy atom. The number of aromatic nitrogens is 1. The van der Waals surface area contributed by atoms with Crippen molar-refractivity contribution >= 4 is 16.8 Å². The number of benzene rings is 2. The van der Waals surface area contributed by atoms with E-state index in [1.54, 1.807) is 0 Å². The third-order valence-electron chi connectivity index (χ3n) is 7.91. The van der Waals surface area contributed by atoms with E-state index in [0.717, 1.165) is 66.6 Å². The third kappa shape index (κ3) is 6.95. The summed E-state index contributed by atoms with van der Waals surface area (Å²) in [5.41, 5.74) is 4.94. The highest BCUT2D eigenvalue weighted by molar-refractivity contribution is 6.10. The number of rotatable bonds is 13. The highest BCUT2D eigenvalue weighted by atomic mass is 16.3. The molecule has 37 heavy (non-hydrogen) atoms. The molecule has 200 valence electrons. The first-order valence-corrected chi connectivity index (χ1v) is 14.5. The van der Waals surface area contributed by atoms with E-state index in [1.165, 1.54) is 50.5 Å². The fourth-order valence-electron chi connectivity index (χ4n) is 5.77. The van der Waals surface area contributed by atoms with E-state index in [4.69, 9.17) is 0 Å². The second-order valence-corrected chi connectivity index (χ2v) is 10.7. The van der Waals surface area contributed by atoms with Crippen molar-refractivity contribution in [1.29, 1.82) is 0 Å². The summed E-state index contributed by atoms with van der Waals surface area (Å²) in [6.45, 7) is 8.56. The Morgan fingerprint density at radius 1 is 0.946 bits per heavy atom. The summed E-state index contributed by atoms with van der Waals surface area (Å²) in [5.74, 6) is 0.281. The predicted molar refractivity (Wildman–Crippen MR) is 153 cm³/mol. The van der Waals surface area contributed by atoms with Gasteiger partial charge in [-0.1, -0.05) is 75.8 Å². The Balaban J connectivity index is 1.61. The maximum atomic E-state index is 13.6. The fraction of sp³-hybridized carbons (Fsp3) is 0.531. The number of phenolic OH excluding ortho intramolecular Hbond substituents is 1. The molecular formula is C32H45N3O2. The highest BCUT2D eigenvalue weighted by Gasteiger charge is 2.25. The summed E-state index contributed by atoms with van der Waals surface area (Å²) >= 11 is 0. The molecule has 2 aromatic carbocycles. The fourth-order valence-corrected chi connectivity index (χ4v) is 5.77. The average Bonchev–Trinajstić information content (AvgIpc) is 3.21. The largest absolute Gasteiger partial charge is 0.508 e. The van der Waals surface area contributed by atoms with Gasteiger partial charge in [-0.2, -0.15) is 0 Å². The highest BCUT2D eigenvalue weighted by Crippen LogP contribution is 2.35. The maximum absolute atomic E-state index is 13.6. The molecule has 0 aliphatic carbocycles. The molecule has 2 N–H and O–H groups in total. The summed E-state index contributed by atoms with van der Waals surface area (Å²) in [6, 6.07) is 14.3. The van der Waals surface area contributed by atoms with E-state index in [2.05, 4.69) is 52.9 Å². The molecule has 0 radical (unpaired) electrons. The number of carbonyl (C=O) groups excluding carboxylic acids is 1. The number of carbonyl (C=O) groups is 1. The van der Waals surface area contributed by atoms with Crippen molar-refractivity contribution in [2.75, 3.05) is 19.6 Å². The number of fused-ring (bicyclic) bond motifs is 1. The summed E-state index contributed by atoms with van der Waals surface area (Å²) < 4.78 is 2.28. The lowest BCUT2D eigenvalue weighted by Crippen LogP contribution is -2.29. The maximum Gasteiger partial charge on any atom is 0.253 e. The zero-order chi connectivity index (χ0) is 26.0. The summed E-state index contributed by atoms with van der Waals surface area (Å²) in [6.07, 6.45) is 11.8. The van der Waals surface area contributed by atoms with Crippen LogP contribution < -0.4 is 5.32 Å². The molecule has 0 saturated carbocycles. The monoisotopic (exact) mass is 503 g/mol. The van der Waals surface area contributed by atoms with Crippen LogP contribution in [0.25, 0.3) is 10.9 Å². The van der Waals surface area contributed by atoms with Crippen molar-refractivity contribution in [1.82, 2.24) is 14.8 Å². The molecule has 0 unspecified atom stereocenters. The first-order valence-electron chi connectivity index (χ1n) is 14.5. The van der Waals surface area contributed by atoms with Gasteiger partial charge in [0, 0.05) is 41.8 Å². The number of unbranched alkanes of at least 4 members (excludes halogenated alkanes) is 5. The molecule has 0 atom stereocenters. The topological polar surface area (TPSA) is 57.5 Å². The quantitative estimate of drug-likeness (QED) is 0.248. The van der Waals surface area contributed by atoms with Gasteiger partial charge in [-0.05, 0) is 63.4 Å². The number of nitrogens with zero attached hydrogens (tertiary/aromatic N) is 2. The van der Waals surface area contributed by atoms with Gasteiger partial charge in [0.1, 0.15) is 5.75 Å². The number of phenols is 1. The molecule has 1 saturated heterocycles. The molecule has 1 aliphatic heterocycles. The van der Waals surface area contributed by atoms with E-state index >= 15 is 0 Å². The number of nitrogens with one attached hydrogen (secondary N) is 1. The molecule has 4 rings (SSSR count). The van der Waals surface area contributed by atoms with Gasteiger partial charge in [0.2, 0.25) is 0 Å². The van der Waals surface area contributed by atoms with Crippen molar-refractivity contribution in [3.63, 3.8) is 0 Å². The summed E-state index contributed by atoms with van der Waals surface area (Å²) in [5, 5.41) is 15.1. The molecule has 5 heteroatoms. The normalized spacial score (nSPS) is 14.3. The number of aromatic hydroxyl groups is 1. The second-order valence-electron chi connectivity index (χ2n) is 10.7. The van der Waals surface area contributed by atoms with Gasteiger partial charge >= 0.3 is 0 Å². The van der Waals surface area contributed by atoms with Gasteiger partial charge in [-0.15, -0.1) is 0 Å². The van der Waals surface area contributed by atoms with Crippen LogP contribution in [-0.4, -0.2) is 40.1 Å². The Bertz CT molecular complexity index is 1150. The van der Waals surface area contributed by atoms with Gasteiger partial charge < -0.3 is 15.0 Å². The number of hydrogen-bond donors (Lipinski definition) is 2. The Kier molecular flexibility index (Phi) is 10.1. The zero-order valence-corrected chi connectivity index (χ0v) is 22.9. The molecule has 0 spiro atoms. The molecule has 1 aliphatic rings. The Hall–Kier alpha value is -2.79. The van der Waals surface area contributed by atoms with Crippen LogP contribution in [0.1, 0.15) is 91.9 Å². The van der Waals surface area contributed by atoms with Gasteiger partial charge in [0.25, 0.3) is 5.91 Å². The van der Waals surface area contributed by atoms with Crippen LogP contribution in [0.3, 0.4) is 0 Å². The molecule has 1 aromatic heterocycles. The minimum atomic E-state index is -0.0139. The van der Waals surface area contributed by atoms with Crippen molar-refractivity contribution < 1.29 is 9.90 Å². The molecule has 1 amide bonds. The van der Waals surface area contributed by atoms with Crippen LogP contribution in [-0.2, 0) is 19.5 Å². The second kappa shape index (κ2) is 13.7. The SMILES string of the molecule is CCCCCCCCNC(=O)c1c(C)n(CCc2ccccc2)c2ccc(O)c(CN3CCCCC3)c12. The molecular weight excluding hydrogens is 458 g/mol. The minimum Gasteiger partial charge on any atom is -0.508 e. The standard InChI is InChI=1S/C32H45N3O2/c1-3-4-5-6-7-12-20-33-32(37)30-25(2)35(23-19-26-15-10-8-11-16-26)28-17-18-29(36)27(31(28)30)24-34-21-13-9-14-22-34/h8,10-11,15-18,36H,3-7,9,12-14,19-24H2,1-2H3,(H,33,37). The zero-order valence-electron chi connectivity index (χ0n) is 22.9. The van der Waals surface area contributed by atoms with E-state index in [1.807, 2.05) is 18.2 Å². The van der Waals surface area contributed by atoms with Gasteiger partial charge in [0.05, 0.1) is 5.56 Å². The first-order chi connectivity index (χ1) is 18.1. The van der Waals surface area contributed by atoms with Crippen LogP contribution in [0, 0.1) is 6.92 Å². The van der Waals surface area contributed by atoms with Crippen LogP contribution in [0.15, 0.2) is 42.5 Å². The van der Waals surface area contributed by atoms with E-state index in [-0.39, 0.29) is 5.91 Å². The summed E-state index contributed by atoms with van der Waals surface area (Å²) in [4.78, 5) is 16.1.